The van der Waals surface area contributed by atoms with Gasteiger partial charge in [0.1, 0.15) is 0 Å². The van der Waals surface area contributed by atoms with E-state index >= 15 is 0 Å². The fourth-order valence-corrected chi connectivity index (χ4v) is 3.13. The molecule has 0 aliphatic rings. The molecule has 0 bridgehead atoms. The van der Waals surface area contributed by atoms with E-state index in [9.17, 15) is 18.5 Å². The molecule has 0 heterocycles. The van der Waals surface area contributed by atoms with E-state index in [1.165, 1.54) is 25.3 Å². The van der Waals surface area contributed by atoms with Crippen molar-refractivity contribution in [3.8, 4) is 11.5 Å². The smallest absolute Gasteiger partial charge is 0.269 e. The number of methoxy groups -OCH3 is 1. The summed E-state index contributed by atoms with van der Waals surface area (Å²) in [7, 11) is -2.19. The minimum atomic E-state index is -3.72. The lowest BCUT2D eigenvalue weighted by Crippen LogP contribution is -1.98. The summed E-state index contributed by atoms with van der Waals surface area (Å²) in [5, 5.41) is 11.7. The highest BCUT2D eigenvalue weighted by Crippen LogP contribution is 2.29. The van der Waals surface area contributed by atoms with Gasteiger partial charge in [0, 0.05) is 17.5 Å². The highest BCUT2D eigenvalue weighted by atomic mass is 32.2. The number of benzene rings is 2. The van der Waals surface area contributed by atoms with Crippen molar-refractivity contribution in [3.63, 3.8) is 0 Å². The van der Waals surface area contributed by atoms with Crippen molar-refractivity contribution < 1.29 is 22.8 Å². The minimum absolute atomic E-state index is 0.0182. The molecule has 0 atom stereocenters. The first-order valence-corrected chi connectivity index (χ1v) is 9.40. The number of hydrogen-bond acceptors (Lipinski definition) is 6. The lowest BCUT2D eigenvalue weighted by molar-refractivity contribution is -0.384. The van der Waals surface area contributed by atoms with Crippen LogP contribution in [0.5, 0.6) is 11.5 Å². The lowest BCUT2D eigenvalue weighted by atomic mass is 10.2. The van der Waals surface area contributed by atoms with Crippen LogP contribution in [0.3, 0.4) is 0 Å². The quantitative estimate of drug-likeness (QED) is 0.512. The molecule has 0 amide bonds. The number of ether oxygens (including phenoxy) is 2. The normalized spacial score (nSPS) is 11.5. The Morgan fingerprint density at radius 1 is 1.12 bits per heavy atom. The second kappa shape index (κ2) is 8.48. The van der Waals surface area contributed by atoms with Gasteiger partial charge in [-0.15, -0.1) is 0 Å². The van der Waals surface area contributed by atoms with Crippen molar-refractivity contribution in [2.24, 2.45) is 0 Å². The molecule has 0 aliphatic heterocycles. The Labute approximate surface area is 151 Å². The van der Waals surface area contributed by atoms with Gasteiger partial charge < -0.3 is 9.47 Å². The average Bonchev–Trinajstić information content (AvgIpc) is 2.64. The number of nitro benzene ring substituents is 1. The molecule has 138 valence electrons. The standard InChI is InChI=1S/C18H19NO6S/c1-3-11-25-18-13-14(4-9-17(18)24-2)10-12-26(22,23)16-7-5-15(6-8-16)19(20)21/h4-10,12-13H,3,11H2,1-2H3/b12-10+. The molecular weight excluding hydrogens is 358 g/mol. The molecule has 8 heteroatoms. The summed E-state index contributed by atoms with van der Waals surface area (Å²) >= 11 is 0. The Balaban J connectivity index is 2.25. The van der Waals surface area contributed by atoms with Crippen LogP contribution >= 0.6 is 0 Å². The van der Waals surface area contributed by atoms with Gasteiger partial charge >= 0.3 is 0 Å². The predicted octanol–water partition coefficient (Wildman–Crippen LogP) is 3.84. The first-order chi connectivity index (χ1) is 12.4. The summed E-state index contributed by atoms with van der Waals surface area (Å²) in [6, 6.07) is 9.83. The van der Waals surface area contributed by atoms with Gasteiger partial charge in [0.2, 0.25) is 0 Å². The van der Waals surface area contributed by atoms with Gasteiger partial charge in [-0.05, 0) is 42.3 Å². The van der Waals surface area contributed by atoms with Crippen LogP contribution in [-0.2, 0) is 9.84 Å². The third kappa shape index (κ3) is 4.82. The number of hydrogen-bond donors (Lipinski definition) is 0. The van der Waals surface area contributed by atoms with E-state index in [0.29, 0.717) is 23.7 Å². The van der Waals surface area contributed by atoms with Crippen molar-refractivity contribution in [1.29, 1.82) is 0 Å². The predicted molar refractivity (Wildman–Crippen MR) is 98.1 cm³/mol. The van der Waals surface area contributed by atoms with Crippen LogP contribution in [-0.4, -0.2) is 27.1 Å². The Kier molecular flexibility index (Phi) is 6.35. The summed E-state index contributed by atoms with van der Waals surface area (Å²) in [5.74, 6) is 1.10. The monoisotopic (exact) mass is 377 g/mol. The second-order valence-electron chi connectivity index (χ2n) is 5.36. The molecule has 0 saturated heterocycles. The lowest BCUT2D eigenvalue weighted by Gasteiger charge is -2.10. The molecule has 0 radical (unpaired) electrons. The molecule has 0 spiro atoms. The highest BCUT2D eigenvalue weighted by molar-refractivity contribution is 7.94. The zero-order valence-corrected chi connectivity index (χ0v) is 15.2. The van der Waals surface area contributed by atoms with E-state index in [4.69, 9.17) is 9.47 Å². The number of rotatable bonds is 8. The van der Waals surface area contributed by atoms with Crippen LogP contribution in [0.15, 0.2) is 52.8 Å². The van der Waals surface area contributed by atoms with E-state index in [1.807, 2.05) is 6.92 Å². The molecule has 0 saturated carbocycles. The summed E-state index contributed by atoms with van der Waals surface area (Å²) in [5.41, 5.74) is 0.461. The van der Waals surface area contributed by atoms with Crippen molar-refractivity contribution in [1.82, 2.24) is 0 Å². The fourth-order valence-electron chi connectivity index (χ4n) is 2.13. The highest BCUT2D eigenvalue weighted by Gasteiger charge is 2.13. The topological polar surface area (TPSA) is 95.7 Å². The van der Waals surface area contributed by atoms with E-state index in [1.54, 1.807) is 18.2 Å². The average molecular weight is 377 g/mol. The number of nitrogens with zero attached hydrogens (tertiary/aromatic N) is 1. The zero-order valence-electron chi connectivity index (χ0n) is 14.4. The first kappa shape index (κ1) is 19.5. The Morgan fingerprint density at radius 2 is 1.81 bits per heavy atom. The van der Waals surface area contributed by atoms with Gasteiger partial charge in [0.15, 0.2) is 21.3 Å². The molecule has 0 aromatic heterocycles. The van der Waals surface area contributed by atoms with E-state index in [-0.39, 0.29) is 10.6 Å². The van der Waals surface area contributed by atoms with Crippen molar-refractivity contribution in [3.05, 3.63) is 63.6 Å². The Hall–Kier alpha value is -2.87. The molecule has 26 heavy (non-hydrogen) atoms. The molecule has 7 nitrogen and oxygen atoms in total. The number of sulfone groups is 1. The molecule has 2 aromatic rings. The van der Waals surface area contributed by atoms with Crippen LogP contribution in [0.1, 0.15) is 18.9 Å². The summed E-state index contributed by atoms with van der Waals surface area (Å²) in [6.45, 7) is 2.50. The molecule has 2 rings (SSSR count). The third-order valence-electron chi connectivity index (χ3n) is 3.47. The van der Waals surface area contributed by atoms with Gasteiger partial charge in [-0.1, -0.05) is 13.0 Å². The molecule has 0 aliphatic carbocycles. The minimum Gasteiger partial charge on any atom is -0.493 e. The van der Waals surface area contributed by atoms with Gasteiger partial charge in [0.05, 0.1) is 23.5 Å². The van der Waals surface area contributed by atoms with Gasteiger partial charge in [0.25, 0.3) is 5.69 Å². The van der Waals surface area contributed by atoms with E-state index in [2.05, 4.69) is 0 Å². The Morgan fingerprint density at radius 3 is 2.38 bits per heavy atom. The van der Waals surface area contributed by atoms with E-state index in [0.717, 1.165) is 24.0 Å². The number of non-ortho nitro benzene ring substituents is 1. The Bertz CT molecular complexity index is 904. The van der Waals surface area contributed by atoms with Crippen LogP contribution in [0, 0.1) is 10.1 Å². The summed E-state index contributed by atoms with van der Waals surface area (Å²) < 4.78 is 35.5. The van der Waals surface area contributed by atoms with E-state index < -0.39 is 14.8 Å². The van der Waals surface area contributed by atoms with Crippen molar-refractivity contribution in [2.75, 3.05) is 13.7 Å². The SMILES string of the molecule is CCCOc1cc(/C=C/S(=O)(=O)c2ccc([N+](=O)[O-])cc2)ccc1OC. The van der Waals surface area contributed by atoms with Crippen LogP contribution in [0.4, 0.5) is 5.69 Å². The second-order valence-corrected chi connectivity index (χ2v) is 7.19. The summed E-state index contributed by atoms with van der Waals surface area (Å²) in [6.07, 6.45) is 2.27. The zero-order chi connectivity index (χ0) is 19.2. The molecule has 2 aromatic carbocycles. The summed E-state index contributed by atoms with van der Waals surface area (Å²) in [4.78, 5) is 10.1. The molecule has 0 N–H and O–H groups in total. The fraction of sp³-hybridized carbons (Fsp3) is 0.222. The largest absolute Gasteiger partial charge is 0.493 e. The van der Waals surface area contributed by atoms with Gasteiger partial charge in [-0.3, -0.25) is 10.1 Å². The van der Waals surface area contributed by atoms with Crippen molar-refractivity contribution >= 4 is 21.6 Å². The van der Waals surface area contributed by atoms with Crippen LogP contribution in [0.25, 0.3) is 6.08 Å². The molecule has 0 unspecified atom stereocenters. The molecular formula is C18H19NO6S. The van der Waals surface area contributed by atoms with Gasteiger partial charge in [-0.25, -0.2) is 8.42 Å². The maximum absolute atomic E-state index is 12.4. The first-order valence-electron chi connectivity index (χ1n) is 7.86. The van der Waals surface area contributed by atoms with Crippen molar-refractivity contribution in [2.45, 2.75) is 18.2 Å². The maximum Gasteiger partial charge on any atom is 0.269 e. The third-order valence-corrected chi connectivity index (χ3v) is 4.89. The van der Waals surface area contributed by atoms with Crippen LogP contribution in [0.2, 0.25) is 0 Å². The maximum atomic E-state index is 12.4. The number of nitro groups is 1. The molecule has 0 fully saturated rings. The van der Waals surface area contributed by atoms with Gasteiger partial charge in [-0.2, -0.15) is 0 Å². The van der Waals surface area contributed by atoms with Crippen LogP contribution < -0.4 is 9.47 Å².